The molecular formula is C7H7ClO2. The van der Waals surface area contributed by atoms with E-state index in [9.17, 15) is 0 Å². The number of rotatable bonds is 2. The molecule has 1 N–H and O–H groups in total. The van der Waals surface area contributed by atoms with Crippen molar-refractivity contribution >= 4 is 17.7 Å². The molecule has 3 heteroatoms. The number of hydrogen-bond acceptors (Lipinski definition) is 2. The zero-order chi connectivity index (χ0) is 7.40. The lowest BCUT2D eigenvalue weighted by molar-refractivity contribution is 0.343. The van der Waals surface area contributed by atoms with Gasteiger partial charge in [-0.3, -0.25) is 0 Å². The Balaban J connectivity index is 2.67. The van der Waals surface area contributed by atoms with Crippen molar-refractivity contribution in [2.45, 2.75) is 0 Å². The summed E-state index contributed by atoms with van der Waals surface area (Å²) in [6.45, 7) is 0.0122. The van der Waals surface area contributed by atoms with E-state index in [1.807, 2.05) is 0 Å². The van der Waals surface area contributed by atoms with Crippen LogP contribution < -0.4 is 0 Å². The summed E-state index contributed by atoms with van der Waals surface area (Å²) in [5.74, 6) is 0.652. The highest BCUT2D eigenvalue weighted by Crippen LogP contribution is 2.13. The zero-order valence-corrected chi connectivity index (χ0v) is 6.01. The largest absolute Gasteiger partial charge is 0.445 e. The third-order valence-corrected chi connectivity index (χ3v) is 1.18. The van der Waals surface area contributed by atoms with Crippen LogP contribution in [0.15, 0.2) is 22.6 Å². The number of aliphatic hydroxyl groups is 1. The van der Waals surface area contributed by atoms with Crippen LogP contribution in [0, 0.1) is 0 Å². The van der Waals surface area contributed by atoms with Gasteiger partial charge in [-0.2, -0.15) is 0 Å². The van der Waals surface area contributed by atoms with E-state index in [0.29, 0.717) is 11.0 Å². The molecule has 0 saturated heterocycles. The summed E-state index contributed by atoms with van der Waals surface area (Å²) < 4.78 is 4.95. The van der Waals surface area contributed by atoms with Crippen molar-refractivity contribution < 1.29 is 9.52 Å². The van der Waals surface area contributed by atoms with Gasteiger partial charge in [-0.25, -0.2) is 0 Å². The first-order valence-electron chi connectivity index (χ1n) is 2.85. The molecule has 1 rings (SSSR count). The number of furan rings is 1. The second-order valence-electron chi connectivity index (χ2n) is 1.73. The fourth-order valence-electron chi connectivity index (χ4n) is 0.587. The molecule has 0 aliphatic heterocycles. The minimum atomic E-state index is 0.0122. The van der Waals surface area contributed by atoms with Crippen molar-refractivity contribution in [2.75, 3.05) is 6.61 Å². The van der Waals surface area contributed by atoms with Crippen molar-refractivity contribution in [2.24, 2.45) is 0 Å². The van der Waals surface area contributed by atoms with Crippen LogP contribution >= 0.6 is 11.6 Å². The lowest BCUT2D eigenvalue weighted by atomic mass is 10.4. The highest BCUT2D eigenvalue weighted by molar-refractivity contribution is 6.28. The molecule has 2 nitrogen and oxygen atoms in total. The second-order valence-corrected chi connectivity index (χ2v) is 2.10. The van der Waals surface area contributed by atoms with E-state index in [1.54, 1.807) is 24.3 Å². The van der Waals surface area contributed by atoms with Gasteiger partial charge in [-0.15, -0.1) is 0 Å². The quantitative estimate of drug-likeness (QED) is 0.714. The Morgan fingerprint density at radius 3 is 2.90 bits per heavy atom. The minimum absolute atomic E-state index is 0.0122. The molecule has 0 saturated carbocycles. The Kier molecular flexibility index (Phi) is 2.54. The van der Waals surface area contributed by atoms with Gasteiger partial charge in [0.2, 0.25) is 0 Å². The third-order valence-electron chi connectivity index (χ3n) is 0.982. The molecule has 0 amide bonds. The van der Waals surface area contributed by atoms with Crippen molar-refractivity contribution in [1.29, 1.82) is 0 Å². The summed E-state index contributed by atoms with van der Waals surface area (Å²) in [5.41, 5.74) is 0. The van der Waals surface area contributed by atoms with Gasteiger partial charge in [0, 0.05) is 0 Å². The molecule has 0 aromatic carbocycles. The van der Waals surface area contributed by atoms with Gasteiger partial charge in [-0.1, -0.05) is 6.08 Å². The normalized spacial score (nSPS) is 11.0. The maximum atomic E-state index is 8.37. The van der Waals surface area contributed by atoms with Crippen LogP contribution in [0.25, 0.3) is 6.08 Å². The fraction of sp³-hybridized carbons (Fsp3) is 0.143. The van der Waals surface area contributed by atoms with Crippen molar-refractivity contribution in [1.82, 2.24) is 0 Å². The van der Waals surface area contributed by atoms with Gasteiger partial charge < -0.3 is 9.52 Å². The summed E-state index contributed by atoms with van der Waals surface area (Å²) in [5, 5.41) is 8.73. The van der Waals surface area contributed by atoms with Crippen LogP contribution in [0.1, 0.15) is 5.76 Å². The van der Waals surface area contributed by atoms with E-state index in [4.69, 9.17) is 21.1 Å². The number of halogens is 1. The second kappa shape index (κ2) is 3.44. The zero-order valence-electron chi connectivity index (χ0n) is 5.25. The molecule has 1 aromatic rings. The predicted molar refractivity (Wildman–Crippen MR) is 39.8 cm³/mol. The van der Waals surface area contributed by atoms with Crippen molar-refractivity contribution in [3.05, 3.63) is 29.2 Å². The predicted octanol–water partition coefficient (Wildman–Crippen LogP) is 1.94. The summed E-state index contributed by atoms with van der Waals surface area (Å²) in [6.07, 6.45) is 3.24. The van der Waals surface area contributed by atoms with Gasteiger partial charge in [0.15, 0.2) is 5.22 Å². The molecule has 1 aromatic heterocycles. The van der Waals surface area contributed by atoms with E-state index in [1.165, 1.54) is 0 Å². The minimum Gasteiger partial charge on any atom is -0.445 e. The summed E-state index contributed by atoms with van der Waals surface area (Å²) in [6, 6.07) is 3.38. The molecule has 1 heterocycles. The third kappa shape index (κ3) is 1.90. The Morgan fingerprint density at radius 1 is 1.60 bits per heavy atom. The first-order valence-corrected chi connectivity index (χ1v) is 3.23. The van der Waals surface area contributed by atoms with Gasteiger partial charge in [0.1, 0.15) is 5.76 Å². The van der Waals surface area contributed by atoms with Crippen molar-refractivity contribution in [3.63, 3.8) is 0 Å². The van der Waals surface area contributed by atoms with E-state index in [2.05, 4.69) is 0 Å². The van der Waals surface area contributed by atoms with Gasteiger partial charge in [-0.05, 0) is 29.8 Å². The SMILES string of the molecule is OCC=Cc1ccc(Cl)o1. The molecular weight excluding hydrogens is 152 g/mol. The Bertz CT molecular complexity index is 227. The van der Waals surface area contributed by atoms with Crippen LogP contribution in [0.5, 0.6) is 0 Å². The number of hydrogen-bond donors (Lipinski definition) is 1. The van der Waals surface area contributed by atoms with Gasteiger partial charge in [0.05, 0.1) is 6.61 Å². The fourth-order valence-corrected chi connectivity index (χ4v) is 0.739. The molecule has 0 aliphatic rings. The molecule has 54 valence electrons. The smallest absolute Gasteiger partial charge is 0.193 e. The Morgan fingerprint density at radius 2 is 2.40 bits per heavy atom. The summed E-state index contributed by atoms with van der Waals surface area (Å²) >= 11 is 5.48. The topological polar surface area (TPSA) is 33.4 Å². The van der Waals surface area contributed by atoms with Gasteiger partial charge >= 0.3 is 0 Å². The first kappa shape index (κ1) is 7.38. The van der Waals surface area contributed by atoms with E-state index >= 15 is 0 Å². The Labute approximate surface area is 63.7 Å². The lowest BCUT2D eigenvalue weighted by Gasteiger charge is -1.81. The van der Waals surface area contributed by atoms with Crippen LogP contribution in [0.2, 0.25) is 5.22 Å². The first-order chi connectivity index (χ1) is 4.83. The molecule has 0 atom stereocenters. The van der Waals surface area contributed by atoms with Crippen molar-refractivity contribution in [3.8, 4) is 0 Å². The average Bonchev–Trinajstić information content (AvgIpc) is 2.31. The lowest BCUT2D eigenvalue weighted by Crippen LogP contribution is -1.69. The highest BCUT2D eigenvalue weighted by atomic mass is 35.5. The molecule has 0 aliphatic carbocycles. The average molecular weight is 159 g/mol. The molecule has 0 bridgehead atoms. The maximum absolute atomic E-state index is 8.37. The Hall–Kier alpha value is -0.730. The monoisotopic (exact) mass is 158 g/mol. The molecule has 0 unspecified atom stereocenters. The molecule has 0 fully saturated rings. The van der Waals surface area contributed by atoms with Crippen LogP contribution in [-0.2, 0) is 0 Å². The summed E-state index contributed by atoms with van der Waals surface area (Å²) in [4.78, 5) is 0. The standard InChI is InChI=1S/C7H7ClO2/c8-7-4-3-6(10-7)2-1-5-9/h1-4,9H,5H2. The van der Waals surface area contributed by atoms with Gasteiger partial charge in [0.25, 0.3) is 0 Å². The number of aliphatic hydroxyl groups excluding tert-OH is 1. The van der Waals surface area contributed by atoms with E-state index in [0.717, 1.165) is 0 Å². The van der Waals surface area contributed by atoms with E-state index < -0.39 is 0 Å². The highest BCUT2D eigenvalue weighted by Gasteiger charge is 1.92. The summed E-state index contributed by atoms with van der Waals surface area (Å²) in [7, 11) is 0. The molecule has 0 radical (unpaired) electrons. The maximum Gasteiger partial charge on any atom is 0.193 e. The van der Waals surface area contributed by atoms with Crippen LogP contribution in [0.4, 0.5) is 0 Å². The molecule has 0 spiro atoms. The van der Waals surface area contributed by atoms with Crippen LogP contribution in [0.3, 0.4) is 0 Å². The van der Waals surface area contributed by atoms with Crippen LogP contribution in [-0.4, -0.2) is 11.7 Å². The van der Waals surface area contributed by atoms with E-state index in [-0.39, 0.29) is 6.61 Å². The molecule has 10 heavy (non-hydrogen) atoms.